The van der Waals surface area contributed by atoms with Crippen molar-refractivity contribution < 1.29 is 13.9 Å². The van der Waals surface area contributed by atoms with Crippen LogP contribution in [0.25, 0.3) is 0 Å². The largest absolute Gasteiger partial charge is 0.465 e. The molecule has 0 saturated heterocycles. The van der Waals surface area contributed by atoms with Crippen molar-refractivity contribution in [2.24, 2.45) is 4.99 Å². The van der Waals surface area contributed by atoms with Crippen molar-refractivity contribution >= 4 is 11.9 Å². The fraction of sp³-hybridized carbons (Fsp3) is 0.571. The summed E-state index contributed by atoms with van der Waals surface area (Å²) < 4.78 is 10.4. The maximum Gasteiger partial charge on any atom is 0.294 e. The Morgan fingerprint density at radius 1 is 1.47 bits per heavy atom. The molecule has 5 heteroatoms. The molecule has 5 nitrogen and oxygen atoms in total. The molecule has 1 aromatic heterocycles. The van der Waals surface area contributed by atoms with Gasteiger partial charge in [0, 0.05) is 0 Å². The number of amides is 1. The van der Waals surface area contributed by atoms with Gasteiger partial charge in [-0.2, -0.15) is 0 Å². The van der Waals surface area contributed by atoms with Gasteiger partial charge in [0.2, 0.25) is 0 Å². The second-order valence-electron chi connectivity index (χ2n) is 4.59. The first-order chi connectivity index (χ1) is 9.29. The first-order valence-corrected chi connectivity index (χ1v) is 6.85. The number of ether oxygens (including phenoxy) is 1. The van der Waals surface area contributed by atoms with Gasteiger partial charge in [0.05, 0.1) is 18.9 Å². The average Bonchev–Trinajstić information content (AvgIpc) is 2.94. The van der Waals surface area contributed by atoms with Crippen LogP contribution in [0.1, 0.15) is 49.6 Å². The number of rotatable bonds is 3. The van der Waals surface area contributed by atoms with E-state index in [2.05, 4.69) is 10.3 Å². The molecule has 19 heavy (non-hydrogen) atoms. The second-order valence-corrected chi connectivity index (χ2v) is 4.59. The van der Waals surface area contributed by atoms with E-state index in [1.54, 1.807) is 12.1 Å². The monoisotopic (exact) mass is 264 g/mol. The molecule has 0 unspecified atom stereocenters. The number of hydrogen-bond donors (Lipinski definition) is 1. The molecule has 1 amide bonds. The molecule has 1 aliphatic carbocycles. The molecule has 1 aliphatic rings. The van der Waals surface area contributed by atoms with Crippen LogP contribution < -0.4 is 5.32 Å². The zero-order valence-corrected chi connectivity index (χ0v) is 11.2. The van der Waals surface area contributed by atoms with Crippen molar-refractivity contribution in [2.75, 3.05) is 6.61 Å². The molecule has 0 atom stereocenters. The van der Waals surface area contributed by atoms with Gasteiger partial charge in [-0.3, -0.25) is 10.1 Å². The van der Waals surface area contributed by atoms with Gasteiger partial charge >= 0.3 is 0 Å². The summed E-state index contributed by atoms with van der Waals surface area (Å²) in [7, 11) is 0. The lowest BCUT2D eigenvalue weighted by Gasteiger charge is -2.19. The van der Waals surface area contributed by atoms with Crippen molar-refractivity contribution in [3.05, 3.63) is 24.2 Å². The van der Waals surface area contributed by atoms with Crippen LogP contribution in [0, 0.1) is 0 Å². The third-order valence-electron chi connectivity index (χ3n) is 3.12. The SMILES string of the molecule is CCOC(=NC1CCCCC1)NC(=O)c1ccco1. The third kappa shape index (κ3) is 4.12. The Labute approximate surface area is 113 Å². The number of furan rings is 1. The van der Waals surface area contributed by atoms with Gasteiger partial charge in [-0.15, -0.1) is 0 Å². The Balaban J connectivity index is 1.98. The van der Waals surface area contributed by atoms with Crippen molar-refractivity contribution in [3.8, 4) is 0 Å². The van der Waals surface area contributed by atoms with Gasteiger partial charge in [-0.1, -0.05) is 19.3 Å². The van der Waals surface area contributed by atoms with E-state index < -0.39 is 0 Å². The topological polar surface area (TPSA) is 63.8 Å². The maximum absolute atomic E-state index is 11.9. The predicted octanol–water partition coefficient (Wildman–Crippen LogP) is 2.73. The van der Waals surface area contributed by atoms with Crippen molar-refractivity contribution in [2.45, 2.75) is 45.1 Å². The van der Waals surface area contributed by atoms with E-state index in [0.29, 0.717) is 12.6 Å². The number of carbonyl (C=O) groups excluding carboxylic acids is 1. The van der Waals surface area contributed by atoms with E-state index in [9.17, 15) is 4.79 Å². The molecule has 1 fully saturated rings. The second kappa shape index (κ2) is 6.97. The van der Waals surface area contributed by atoms with Gasteiger partial charge in [0.1, 0.15) is 0 Å². The molecule has 0 aliphatic heterocycles. The number of nitrogens with one attached hydrogen (secondary N) is 1. The molecule has 1 heterocycles. The van der Waals surface area contributed by atoms with Crippen LogP contribution in [0.3, 0.4) is 0 Å². The van der Waals surface area contributed by atoms with Crippen molar-refractivity contribution in [1.29, 1.82) is 0 Å². The van der Waals surface area contributed by atoms with E-state index in [1.165, 1.54) is 25.5 Å². The van der Waals surface area contributed by atoms with Crippen LogP contribution in [0.4, 0.5) is 0 Å². The summed E-state index contributed by atoms with van der Waals surface area (Å²) in [6.07, 6.45) is 7.25. The lowest BCUT2D eigenvalue weighted by molar-refractivity contribution is 0.0938. The van der Waals surface area contributed by atoms with Gasteiger partial charge in [0.25, 0.3) is 11.9 Å². The quantitative estimate of drug-likeness (QED) is 0.674. The Hall–Kier alpha value is -1.78. The minimum Gasteiger partial charge on any atom is -0.465 e. The van der Waals surface area contributed by atoms with Gasteiger partial charge < -0.3 is 9.15 Å². The van der Waals surface area contributed by atoms with Crippen molar-refractivity contribution in [1.82, 2.24) is 5.32 Å². The molecule has 104 valence electrons. The number of aliphatic imine (C=N–C) groups is 1. The highest BCUT2D eigenvalue weighted by Gasteiger charge is 2.16. The van der Waals surface area contributed by atoms with E-state index >= 15 is 0 Å². The Bertz CT molecular complexity index is 420. The molecular formula is C14H20N2O3. The highest BCUT2D eigenvalue weighted by atomic mass is 16.5. The summed E-state index contributed by atoms with van der Waals surface area (Å²) >= 11 is 0. The molecule has 0 bridgehead atoms. The summed E-state index contributed by atoms with van der Waals surface area (Å²) in [5.41, 5.74) is 0. The minimum atomic E-state index is -0.326. The van der Waals surface area contributed by atoms with Crippen LogP contribution >= 0.6 is 0 Å². The van der Waals surface area contributed by atoms with Crippen LogP contribution in [0.15, 0.2) is 27.8 Å². The standard InChI is InChI=1S/C14H20N2O3/c1-2-18-14(15-11-7-4-3-5-8-11)16-13(17)12-9-6-10-19-12/h6,9-11H,2-5,7-8H2,1H3,(H,15,16,17). The highest BCUT2D eigenvalue weighted by molar-refractivity contribution is 6.02. The highest BCUT2D eigenvalue weighted by Crippen LogP contribution is 2.20. The van der Waals surface area contributed by atoms with Crippen LogP contribution in [0.2, 0.25) is 0 Å². The molecule has 0 spiro atoms. The summed E-state index contributed by atoms with van der Waals surface area (Å²) in [5, 5.41) is 2.66. The fourth-order valence-corrected chi connectivity index (χ4v) is 2.18. The smallest absolute Gasteiger partial charge is 0.294 e. The summed E-state index contributed by atoms with van der Waals surface area (Å²) in [4.78, 5) is 16.4. The molecule has 1 saturated carbocycles. The average molecular weight is 264 g/mol. The predicted molar refractivity (Wildman–Crippen MR) is 72.1 cm³/mol. The Morgan fingerprint density at radius 2 is 2.26 bits per heavy atom. The zero-order valence-electron chi connectivity index (χ0n) is 11.2. The third-order valence-corrected chi connectivity index (χ3v) is 3.12. The maximum atomic E-state index is 11.9. The molecule has 0 radical (unpaired) electrons. The van der Waals surface area contributed by atoms with E-state index in [-0.39, 0.29) is 17.7 Å². The molecular weight excluding hydrogens is 244 g/mol. The van der Waals surface area contributed by atoms with Gasteiger partial charge in [-0.25, -0.2) is 4.99 Å². The minimum absolute atomic E-state index is 0.257. The number of nitrogens with zero attached hydrogens (tertiary/aromatic N) is 1. The molecule has 1 aromatic rings. The lowest BCUT2D eigenvalue weighted by atomic mass is 9.96. The normalized spacial score (nSPS) is 17.2. The van der Waals surface area contributed by atoms with Crippen LogP contribution in [-0.4, -0.2) is 24.6 Å². The number of hydrogen-bond acceptors (Lipinski definition) is 4. The van der Waals surface area contributed by atoms with Crippen molar-refractivity contribution in [3.63, 3.8) is 0 Å². The molecule has 1 N–H and O–H groups in total. The number of amidine groups is 1. The van der Waals surface area contributed by atoms with Gasteiger partial charge in [0.15, 0.2) is 5.76 Å². The first kappa shape index (κ1) is 13.6. The van der Waals surface area contributed by atoms with Crippen LogP contribution in [0.5, 0.6) is 0 Å². The summed E-state index contributed by atoms with van der Waals surface area (Å²) in [6, 6.07) is 3.84. The van der Waals surface area contributed by atoms with E-state index in [1.807, 2.05) is 6.92 Å². The first-order valence-electron chi connectivity index (χ1n) is 6.85. The van der Waals surface area contributed by atoms with E-state index in [4.69, 9.17) is 9.15 Å². The molecule has 2 rings (SSSR count). The number of carbonyl (C=O) groups is 1. The van der Waals surface area contributed by atoms with Crippen LogP contribution in [-0.2, 0) is 4.74 Å². The van der Waals surface area contributed by atoms with E-state index in [0.717, 1.165) is 12.8 Å². The lowest BCUT2D eigenvalue weighted by Crippen LogP contribution is -2.33. The molecule has 0 aromatic carbocycles. The fourth-order valence-electron chi connectivity index (χ4n) is 2.18. The van der Waals surface area contributed by atoms with Gasteiger partial charge in [-0.05, 0) is 31.9 Å². The summed E-state index contributed by atoms with van der Waals surface area (Å²) in [5.74, 6) is -0.0657. The zero-order chi connectivity index (χ0) is 13.5. The Kier molecular flexibility index (Phi) is 5.01. The Morgan fingerprint density at radius 3 is 2.89 bits per heavy atom. The summed E-state index contributed by atoms with van der Waals surface area (Å²) in [6.45, 7) is 2.35.